The van der Waals surface area contributed by atoms with Crippen molar-refractivity contribution in [1.29, 1.82) is 0 Å². The summed E-state index contributed by atoms with van der Waals surface area (Å²) in [6, 6.07) is 18.9. The first-order chi connectivity index (χ1) is 16.4. The number of carbonyl (C=O) groups is 1. The normalized spacial score (nSPS) is 10.6. The third-order valence-corrected chi connectivity index (χ3v) is 5.69. The predicted molar refractivity (Wildman–Crippen MR) is 136 cm³/mol. The Balaban J connectivity index is 1.63. The van der Waals surface area contributed by atoms with E-state index in [0.29, 0.717) is 33.8 Å². The van der Waals surface area contributed by atoms with Gasteiger partial charge in [-0.2, -0.15) is 4.98 Å². The van der Waals surface area contributed by atoms with Crippen LogP contribution >= 0.6 is 11.6 Å². The molecule has 4 N–H and O–H groups in total. The van der Waals surface area contributed by atoms with Crippen LogP contribution in [-0.2, 0) is 0 Å². The van der Waals surface area contributed by atoms with Gasteiger partial charge in [-0.15, -0.1) is 0 Å². The lowest BCUT2D eigenvalue weighted by Crippen LogP contribution is -2.10. The van der Waals surface area contributed by atoms with Gasteiger partial charge in [-0.05, 0) is 66.4 Å². The number of nitrogens with two attached hydrogens (primary N) is 1. The second-order valence-corrected chi connectivity index (χ2v) is 8.17. The third-order valence-electron chi connectivity index (χ3n) is 5.42. The molecule has 0 fully saturated rings. The van der Waals surface area contributed by atoms with Crippen LogP contribution < -0.4 is 21.1 Å². The van der Waals surface area contributed by atoms with Crippen LogP contribution in [0.25, 0.3) is 11.1 Å². The van der Waals surface area contributed by atoms with Gasteiger partial charge in [0.1, 0.15) is 10.8 Å². The Hall–Kier alpha value is -4.10. The molecule has 1 amide bonds. The molecule has 0 radical (unpaired) electrons. The number of hydrogen-bond donors (Lipinski definition) is 3. The summed E-state index contributed by atoms with van der Waals surface area (Å²) in [5, 5.41) is 6.90. The molecule has 0 atom stereocenters. The van der Waals surface area contributed by atoms with E-state index in [1.165, 1.54) is 0 Å². The summed E-state index contributed by atoms with van der Waals surface area (Å²) in [5.41, 5.74) is 11.4. The SMILES string of the molecule is COc1cc(-c2ccc(C(N)=O)cc2)c(C)cc1Nc1ncc(Cl)c(Nc2ccccc2C)n1. The van der Waals surface area contributed by atoms with E-state index >= 15 is 0 Å². The van der Waals surface area contributed by atoms with Crippen LogP contribution in [0.1, 0.15) is 21.5 Å². The van der Waals surface area contributed by atoms with Gasteiger partial charge in [0.15, 0.2) is 5.82 Å². The highest BCUT2D eigenvalue weighted by Crippen LogP contribution is 2.36. The fourth-order valence-electron chi connectivity index (χ4n) is 3.56. The van der Waals surface area contributed by atoms with Crippen molar-refractivity contribution in [2.45, 2.75) is 13.8 Å². The van der Waals surface area contributed by atoms with E-state index in [-0.39, 0.29) is 0 Å². The first-order valence-electron chi connectivity index (χ1n) is 10.6. The van der Waals surface area contributed by atoms with Gasteiger partial charge < -0.3 is 21.1 Å². The molecule has 172 valence electrons. The number of amides is 1. The molecular formula is C26H24ClN5O2. The van der Waals surface area contributed by atoms with Crippen LogP contribution in [-0.4, -0.2) is 23.0 Å². The summed E-state index contributed by atoms with van der Waals surface area (Å²) in [7, 11) is 1.60. The summed E-state index contributed by atoms with van der Waals surface area (Å²) >= 11 is 6.34. The largest absolute Gasteiger partial charge is 0.495 e. The molecule has 0 aliphatic carbocycles. The maximum atomic E-state index is 11.4. The van der Waals surface area contributed by atoms with Gasteiger partial charge >= 0.3 is 0 Å². The number of anilines is 4. The van der Waals surface area contributed by atoms with Crippen molar-refractivity contribution in [3.63, 3.8) is 0 Å². The quantitative estimate of drug-likeness (QED) is 0.304. The van der Waals surface area contributed by atoms with Crippen molar-refractivity contribution >= 4 is 40.6 Å². The molecule has 34 heavy (non-hydrogen) atoms. The number of para-hydroxylation sites is 1. The molecule has 0 bridgehead atoms. The average Bonchev–Trinajstić information content (AvgIpc) is 2.83. The minimum Gasteiger partial charge on any atom is -0.495 e. The number of benzene rings is 3. The van der Waals surface area contributed by atoms with Gasteiger partial charge in [0, 0.05) is 11.3 Å². The lowest BCUT2D eigenvalue weighted by Gasteiger charge is -2.16. The summed E-state index contributed by atoms with van der Waals surface area (Å²) in [6.45, 7) is 4.00. The number of rotatable bonds is 7. The maximum Gasteiger partial charge on any atom is 0.248 e. The van der Waals surface area contributed by atoms with Crippen molar-refractivity contribution < 1.29 is 9.53 Å². The van der Waals surface area contributed by atoms with Crippen LogP contribution in [0.3, 0.4) is 0 Å². The number of nitrogens with one attached hydrogen (secondary N) is 2. The highest BCUT2D eigenvalue weighted by molar-refractivity contribution is 6.32. The molecule has 8 heteroatoms. The van der Waals surface area contributed by atoms with E-state index in [0.717, 1.165) is 27.9 Å². The number of aryl methyl sites for hydroxylation is 2. The maximum absolute atomic E-state index is 11.4. The summed E-state index contributed by atoms with van der Waals surface area (Å²) < 4.78 is 5.63. The van der Waals surface area contributed by atoms with Gasteiger partial charge in [-0.1, -0.05) is 41.9 Å². The van der Waals surface area contributed by atoms with Crippen molar-refractivity contribution in [3.05, 3.63) is 88.6 Å². The molecule has 0 aliphatic rings. The van der Waals surface area contributed by atoms with E-state index in [9.17, 15) is 4.79 Å². The summed E-state index contributed by atoms with van der Waals surface area (Å²) in [4.78, 5) is 20.2. The van der Waals surface area contributed by atoms with Crippen LogP contribution in [0.5, 0.6) is 5.75 Å². The van der Waals surface area contributed by atoms with Crippen LogP contribution in [0.15, 0.2) is 66.9 Å². The second-order valence-electron chi connectivity index (χ2n) is 7.76. The Morgan fingerprint density at radius 1 is 0.971 bits per heavy atom. The highest BCUT2D eigenvalue weighted by atomic mass is 35.5. The molecule has 1 aromatic heterocycles. The van der Waals surface area contributed by atoms with E-state index in [4.69, 9.17) is 22.1 Å². The van der Waals surface area contributed by atoms with E-state index in [2.05, 4.69) is 20.6 Å². The van der Waals surface area contributed by atoms with Crippen molar-refractivity contribution in [3.8, 4) is 16.9 Å². The number of methoxy groups -OCH3 is 1. The number of ether oxygens (including phenoxy) is 1. The van der Waals surface area contributed by atoms with Crippen LogP contribution in [0.4, 0.5) is 23.1 Å². The molecule has 1 heterocycles. The summed E-state index contributed by atoms with van der Waals surface area (Å²) in [6.07, 6.45) is 1.55. The highest BCUT2D eigenvalue weighted by Gasteiger charge is 2.13. The lowest BCUT2D eigenvalue weighted by atomic mass is 9.98. The first kappa shape index (κ1) is 23.1. The molecular weight excluding hydrogens is 450 g/mol. The molecule has 4 aromatic rings. The van der Waals surface area contributed by atoms with Gasteiger partial charge in [-0.25, -0.2) is 4.98 Å². The number of carbonyl (C=O) groups excluding carboxylic acids is 1. The van der Waals surface area contributed by atoms with Crippen molar-refractivity contribution in [2.75, 3.05) is 17.7 Å². The van der Waals surface area contributed by atoms with Gasteiger partial charge in [0.05, 0.1) is 19.0 Å². The number of hydrogen-bond acceptors (Lipinski definition) is 6. The van der Waals surface area contributed by atoms with Crippen molar-refractivity contribution in [2.24, 2.45) is 5.73 Å². The average molecular weight is 474 g/mol. The molecule has 0 saturated carbocycles. The number of primary amides is 1. The molecule has 0 spiro atoms. The zero-order valence-electron chi connectivity index (χ0n) is 19.0. The summed E-state index contributed by atoms with van der Waals surface area (Å²) in [5.74, 6) is 1.03. The molecule has 3 aromatic carbocycles. The van der Waals surface area contributed by atoms with E-state index < -0.39 is 5.91 Å². The third kappa shape index (κ3) is 4.94. The van der Waals surface area contributed by atoms with E-state index in [1.54, 1.807) is 25.4 Å². The molecule has 0 aliphatic heterocycles. The number of nitrogens with zero attached hydrogens (tertiary/aromatic N) is 2. The predicted octanol–water partition coefficient (Wildman–Crippen LogP) is 6.01. The van der Waals surface area contributed by atoms with Crippen molar-refractivity contribution in [1.82, 2.24) is 9.97 Å². The van der Waals surface area contributed by atoms with Gasteiger partial charge in [0.2, 0.25) is 11.9 Å². The molecule has 7 nitrogen and oxygen atoms in total. The second kappa shape index (κ2) is 9.80. The van der Waals surface area contributed by atoms with Gasteiger partial charge in [-0.3, -0.25) is 4.79 Å². The monoisotopic (exact) mass is 473 g/mol. The molecule has 0 unspecified atom stereocenters. The first-order valence-corrected chi connectivity index (χ1v) is 10.9. The number of halogens is 1. The fraction of sp³-hybridized carbons (Fsp3) is 0.115. The molecule has 4 rings (SSSR count). The van der Waals surface area contributed by atoms with Gasteiger partial charge in [0.25, 0.3) is 0 Å². The fourth-order valence-corrected chi connectivity index (χ4v) is 3.69. The zero-order valence-corrected chi connectivity index (χ0v) is 19.8. The lowest BCUT2D eigenvalue weighted by molar-refractivity contribution is 0.100. The minimum atomic E-state index is -0.459. The Kier molecular flexibility index (Phi) is 6.65. The van der Waals surface area contributed by atoms with Crippen LogP contribution in [0.2, 0.25) is 5.02 Å². The Bertz CT molecular complexity index is 1360. The Morgan fingerprint density at radius 2 is 1.71 bits per heavy atom. The number of aromatic nitrogens is 2. The smallest absolute Gasteiger partial charge is 0.248 e. The Labute approximate surface area is 203 Å². The van der Waals surface area contributed by atoms with Crippen LogP contribution in [0, 0.1) is 13.8 Å². The topological polar surface area (TPSA) is 102 Å². The Morgan fingerprint density at radius 3 is 2.38 bits per heavy atom. The van der Waals surface area contributed by atoms with E-state index in [1.807, 2.05) is 62.4 Å². The zero-order chi connectivity index (χ0) is 24.2. The minimum absolute atomic E-state index is 0.372. The molecule has 0 saturated heterocycles. The standard InChI is InChI=1S/C26H24ClN5O2/c1-15-6-4-5-7-21(15)30-25-20(27)14-29-26(32-25)31-22-12-16(2)19(13-23(22)34-3)17-8-10-18(11-9-17)24(28)33/h4-14H,1-3H3,(H2,28,33)(H2,29,30,31,32).